The van der Waals surface area contributed by atoms with E-state index in [4.69, 9.17) is 5.26 Å². The van der Waals surface area contributed by atoms with Crippen LogP contribution in [0.15, 0.2) is 29.3 Å². The molecular formula is C8H6NO2. The van der Waals surface area contributed by atoms with Gasteiger partial charge < -0.3 is 0 Å². The summed E-state index contributed by atoms with van der Waals surface area (Å²) >= 11 is 0. The first kappa shape index (κ1) is 6.52. The van der Waals surface area contributed by atoms with Gasteiger partial charge >= 0.3 is 0 Å². The van der Waals surface area contributed by atoms with Crippen LogP contribution < -0.4 is 0 Å². The van der Waals surface area contributed by atoms with Gasteiger partial charge in [-0.3, -0.25) is 10.2 Å². The number of benzene rings is 1. The van der Waals surface area contributed by atoms with Gasteiger partial charge in [0, 0.05) is 11.8 Å². The molecule has 0 spiro atoms. The molecule has 3 heteroatoms. The lowest BCUT2D eigenvalue weighted by Gasteiger charge is -2.01. The Bertz CT molecular complexity index is 296. The maximum Gasteiger partial charge on any atom is 0.207 e. The molecule has 3 nitrogen and oxygen atoms in total. The first-order valence-corrected chi connectivity index (χ1v) is 3.23. The molecule has 0 saturated carbocycles. The molecule has 0 aromatic heterocycles. The Morgan fingerprint density at radius 2 is 2.09 bits per heavy atom. The summed E-state index contributed by atoms with van der Waals surface area (Å²) in [5, 5.41) is 8.38. The van der Waals surface area contributed by atoms with Gasteiger partial charge in [-0.15, -0.1) is 0 Å². The highest BCUT2D eigenvalue weighted by molar-refractivity contribution is 5.88. The van der Waals surface area contributed by atoms with Crippen molar-refractivity contribution < 1.29 is 10.1 Å². The molecule has 1 radical (unpaired) electrons. The van der Waals surface area contributed by atoms with Crippen LogP contribution in [0.2, 0.25) is 0 Å². The van der Waals surface area contributed by atoms with E-state index >= 15 is 0 Å². The van der Waals surface area contributed by atoms with E-state index in [0.29, 0.717) is 6.10 Å². The number of fused-ring (bicyclic) bond motifs is 1. The molecule has 0 unspecified atom stereocenters. The zero-order chi connectivity index (χ0) is 7.68. The van der Waals surface area contributed by atoms with Crippen LogP contribution in [-0.2, 0) is 4.89 Å². The molecule has 0 aliphatic carbocycles. The van der Waals surface area contributed by atoms with Crippen molar-refractivity contribution >= 4 is 11.9 Å². The fraction of sp³-hybridized carbons (Fsp3) is 0. The van der Waals surface area contributed by atoms with E-state index in [1.54, 1.807) is 0 Å². The van der Waals surface area contributed by atoms with Crippen LogP contribution in [0.1, 0.15) is 5.56 Å². The summed E-state index contributed by atoms with van der Waals surface area (Å²) in [6.07, 6.45) is 1.89. The van der Waals surface area contributed by atoms with Gasteiger partial charge in [-0.1, -0.05) is 18.2 Å². The van der Waals surface area contributed by atoms with E-state index < -0.39 is 0 Å². The van der Waals surface area contributed by atoms with Gasteiger partial charge in [-0.25, -0.2) is 4.89 Å². The van der Waals surface area contributed by atoms with Gasteiger partial charge in [-0.05, 0) is 6.07 Å². The number of aliphatic imine (C=N–C) groups is 1. The number of nitrogens with zero attached hydrogens (tertiary/aromatic N) is 1. The molecule has 2 rings (SSSR count). The number of rotatable bonds is 1. The zero-order valence-electron chi connectivity index (χ0n) is 5.69. The highest BCUT2D eigenvalue weighted by Gasteiger charge is 2.19. The molecule has 1 aliphatic rings. The maximum atomic E-state index is 8.38. The largest absolute Gasteiger partial charge is 0.257 e. The molecule has 1 aromatic rings. The Hall–Kier alpha value is -1.19. The Morgan fingerprint density at radius 1 is 1.27 bits per heavy atom. The molecule has 0 bridgehead atoms. The third-order valence-electron chi connectivity index (χ3n) is 1.59. The highest BCUT2D eigenvalue weighted by Crippen LogP contribution is 2.30. The summed E-state index contributed by atoms with van der Waals surface area (Å²) in [5.74, 6) is 0. The first-order valence-electron chi connectivity index (χ1n) is 3.23. The van der Waals surface area contributed by atoms with Crippen molar-refractivity contribution in [3.05, 3.63) is 35.9 Å². The van der Waals surface area contributed by atoms with E-state index in [0.717, 1.165) is 11.3 Å². The number of hydrogen-bond donors (Lipinski definition) is 1. The van der Waals surface area contributed by atoms with Gasteiger partial charge in [0.05, 0.1) is 5.69 Å². The molecule has 1 N–H and O–H groups in total. The number of hydrogen-bond acceptors (Lipinski definition) is 3. The lowest BCUT2D eigenvalue weighted by molar-refractivity contribution is -0.215. The Morgan fingerprint density at radius 3 is 2.91 bits per heavy atom. The van der Waals surface area contributed by atoms with Crippen LogP contribution in [0.3, 0.4) is 0 Å². The summed E-state index contributed by atoms with van der Waals surface area (Å²) in [7, 11) is 0. The second-order valence-corrected chi connectivity index (χ2v) is 2.23. The fourth-order valence-electron chi connectivity index (χ4n) is 1.07. The van der Waals surface area contributed by atoms with E-state index in [1.165, 1.54) is 6.21 Å². The minimum absolute atomic E-state index is 0.403. The van der Waals surface area contributed by atoms with Crippen molar-refractivity contribution in [2.75, 3.05) is 0 Å². The van der Waals surface area contributed by atoms with Crippen LogP contribution >= 0.6 is 0 Å². The standard InChI is InChI=1S/C8H6NO2/c10-11-8-5-9-7-4-2-1-3-6(7)8/h1-5,10H. The summed E-state index contributed by atoms with van der Waals surface area (Å²) in [5.41, 5.74) is 1.66. The minimum Gasteiger partial charge on any atom is -0.257 e. The third kappa shape index (κ3) is 0.943. The smallest absolute Gasteiger partial charge is 0.207 e. The van der Waals surface area contributed by atoms with E-state index in [9.17, 15) is 0 Å². The second-order valence-electron chi connectivity index (χ2n) is 2.23. The molecule has 0 amide bonds. The van der Waals surface area contributed by atoms with E-state index in [-0.39, 0.29) is 0 Å². The second kappa shape index (κ2) is 2.45. The average Bonchev–Trinajstić information content (AvgIpc) is 2.47. The van der Waals surface area contributed by atoms with Gasteiger partial charge in [0.15, 0.2) is 0 Å². The SMILES string of the molecule is OO[C]1C=Nc2ccccc21. The Kier molecular flexibility index (Phi) is 1.45. The quantitative estimate of drug-likeness (QED) is 0.487. The topological polar surface area (TPSA) is 41.8 Å². The van der Waals surface area contributed by atoms with Crippen LogP contribution in [0.5, 0.6) is 0 Å². The van der Waals surface area contributed by atoms with Gasteiger partial charge in [0.2, 0.25) is 6.10 Å². The number of para-hydroxylation sites is 1. The molecular weight excluding hydrogens is 142 g/mol. The molecule has 1 aromatic carbocycles. The minimum atomic E-state index is 0.403. The summed E-state index contributed by atoms with van der Waals surface area (Å²) in [4.78, 5) is 8.11. The van der Waals surface area contributed by atoms with Crippen molar-refractivity contribution in [2.45, 2.75) is 0 Å². The lowest BCUT2D eigenvalue weighted by atomic mass is 10.1. The summed E-state index contributed by atoms with van der Waals surface area (Å²) < 4.78 is 0. The molecule has 1 heterocycles. The fourth-order valence-corrected chi connectivity index (χ4v) is 1.07. The third-order valence-corrected chi connectivity index (χ3v) is 1.59. The van der Waals surface area contributed by atoms with Gasteiger partial charge in [0.25, 0.3) is 0 Å². The summed E-state index contributed by atoms with van der Waals surface area (Å²) in [6, 6.07) is 7.45. The van der Waals surface area contributed by atoms with Crippen LogP contribution in [-0.4, -0.2) is 11.5 Å². The molecule has 0 atom stereocenters. The lowest BCUT2D eigenvalue weighted by Crippen LogP contribution is -1.98. The molecule has 1 aliphatic heterocycles. The predicted octanol–water partition coefficient (Wildman–Crippen LogP) is 1.77. The monoisotopic (exact) mass is 148 g/mol. The molecule has 0 fully saturated rings. The Labute approximate surface area is 63.9 Å². The Balaban J connectivity index is 2.46. The summed E-state index contributed by atoms with van der Waals surface area (Å²) in [6.45, 7) is 0. The average molecular weight is 148 g/mol. The zero-order valence-corrected chi connectivity index (χ0v) is 5.69. The van der Waals surface area contributed by atoms with Crippen molar-refractivity contribution in [1.29, 1.82) is 0 Å². The molecule has 11 heavy (non-hydrogen) atoms. The van der Waals surface area contributed by atoms with E-state index in [2.05, 4.69) is 9.88 Å². The van der Waals surface area contributed by atoms with Gasteiger partial charge in [0.1, 0.15) is 0 Å². The van der Waals surface area contributed by atoms with Gasteiger partial charge in [-0.2, -0.15) is 0 Å². The van der Waals surface area contributed by atoms with Crippen molar-refractivity contribution in [2.24, 2.45) is 4.99 Å². The predicted molar refractivity (Wildman–Crippen MR) is 40.7 cm³/mol. The normalized spacial score (nSPS) is 15.4. The molecule has 55 valence electrons. The van der Waals surface area contributed by atoms with Crippen LogP contribution in [0, 0.1) is 6.10 Å². The first-order chi connectivity index (χ1) is 5.42. The van der Waals surface area contributed by atoms with Crippen molar-refractivity contribution in [3.8, 4) is 0 Å². The van der Waals surface area contributed by atoms with Crippen molar-refractivity contribution in [1.82, 2.24) is 0 Å². The van der Waals surface area contributed by atoms with Crippen molar-refractivity contribution in [3.63, 3.8) is 0 Å². The van der Waals surface area contributed by atoms with E-state index in [1.807, 2.05) is 24.3 Å². The highest BCUT2D eigenvalue weighted by atomic mass is 17.1. The van der Waals surface area contributed by atoms with Crippen LogP contribution in [0.25, 0.3) is 0 Å². The maximum absolute atomic E-state index is 8.38. The van der Waals surface area contributed by atoms with Crippen LogP contribution in [0.4, 0.5) is 5.69 Å². The molecule has 0 saturated heterocycles.